The molecule has 3 N–H and O–H groups in total. The zero-order valence-electron chi connectivity index (χ0n) is 17.1. The van der Waals surface area contributed by atoms with Crippen molar-refractivity contribution < 1.29 is 22.3 Å². The molecule has 0 aromatic heterocycles. The molecule has 31 heavy (non-hydrogen) atoms. The van der Waals surface area contributed by atoms with Gasteiger partial charge in [0.15, 0.2) is 5.96 Å². The number of nitrogens with zero attached hydrogens (tertiary/aromatic N) is 3. The standard InChI is InChI=1S/C21H25F4N5O/c1-2-29-9-11-30(12-10-29)19-8-3-15(13-18(19)22)14-27-20(26)28-16-4-6-17(7-5-16)31-21(23,24)25/h3-8,13H,2,9-12,14H2,1H3,(H3,26,27,28). The molecule has 2 aromatic carbocycles. The lowest BCUT2D eigenvalue weighted by atomic mass is 10.1. The highest BCUT2D eigenvalue weighted by Crippen LogP contribution is 2.24. The second-order valence-electron chi connectivity index (χ2n) is 7.11. The van der Waals surface area contributed by atoms with Crippen LogP contribution in [0.5, 0.6) is 5.75 Å². The van der Waals surface area contributed by atoms with Crippen LogP contribution < -0.4 is 20.7 Å². The quantitative estimate of drug-likeness (QED) is 0.407. The lowest BCUT2D eigenvalue weighted by Crippen LogP contribution is -2.46. The maximum atomic E-state index is 14.6. The fourth-order valence-electron chi connectivity index (χ4n) is 3.31. The number of hydrogen-bond donors (Lipinski definition) is 2. The van der Waals surface area contributed by atoms with Crippen molar-refractivity contribution in [3.05, 3.63) is 53.8 Å². The Morgan fingerprint density at radius 1 is 1.10 bits per heavy atom. The molecule has 1 saturated heterocycles. The third-order valence-electron chi connectivity index (χ3n) is 4.96. The summed E-state index contributed by atoms with van der Waals surface area (Å²) < 4.78 is 55.0. The summed E-state index contributed by atoms with van der Waals surface area (Å²) in [4.78, 5) is 8.52. The summed E-state index contributed by atoms with van der Waals surface area (Å²) in [5.74, 6) is -0.575. The Hall–Kier alpha value is -3.01. The molecule has 0 saturated carbocycles. The number of anilines is 2. The van der Waals surface area contributed by atoms with Gasteiger partial charge in [-0.2, -0.15) is 0 Å². The van der Waals surface area contributed by atoms with Crippen molar-refractivity contribution in [1.29, 1.82) is 0 Å². The van der Waals surface area contributed by atoms with Crippen molar-refractivity contribution in [2.45, 2.75) is 19.8 Å². The lowest BCUT2D eigenvalue weighted by Gasteiger charge is -2.35. The van der Waals surface area contributed by atoms with Crippen LogP contribution in [0.4, 0.5) is 28.9 Å². The first-order valence-corrected chi connectivity index (χ1v) is 9.92. The molecule has 0 unspecified atom stereocenters. The fraction of sp³-hybridized carbons (Fsp3) is 0.381. The average molecular weight is 439 g/mol. The molecular formula is C21H25F4N5O. The number of likely N-dealkylation sites (N-methyl/N-ethyl adjacent to an activating group) is 1. The van der Waals surface area contributed by atoms with Crippen molar-refractivity contribution in [1.82, 2.24) is 4.90 Å². The van der Waals surface area contributed by atoms with Crippen LogP contribution in [0.1, 0.15) is 12.5 Å². The van der Waals surface area contributed by atoms with Gasteiger partial charge in [0.05, 0.1) is 12.2 Å². The molecule has 2 aromatic rings. The minimum Gasteiger partial charge on any atom is -0.406 e. The van der Waals surface area contributed by atoms with Gasteiger partial charge in [-0.15, -0.1) is 13.2 Å². The number of ether oxygens (including phenoxy) is 1. The summed E-state index contributed by atoms with van der Waals surface area (Å²) >= 11 is 0. The summed E-state index contributed by atoms with van der Waals surface area (Å²) in [5, 5.41) is 2.77. The highest BCUT2D eigenvalue weighted by atomic mass is 19.4. The summed E-state index contributed by atoms with van der Waals surface area (Å²) in [6.07, 6.45) is -4.75. The van der Waals surface area contributed by atoms with Gasteiger partial charge in [0.2, 0.25) is 0 Å². The Morgan fingerprint density at radius 2 is 1.77 bits per heavy atom. The van der Waals surface area contributed by atoms with Gasteiger partial charge in [-0.05, 0) is 48.5 Å². The predicted molar refractivity (Wildman–Crippen MR) is 113 cm³/mol. The van der Waals surface area contributed by atoms with Crippen LogP contribution in [0.25, 0.3) is 0 Å². The number of nitrogens with two attached hydrogens (primary N) is 1. The maximum absolute atomic E-state index is 14.6. The van der Waals surface area contributed by atoms with Crippen LogP contribution in [0.3, 0.4) is 0 Å². The van der Waals surface area contributed by atoms with E-state index in [9.17, 15) is 17.6 Å². The third-order valence-corrected chi connectivity index (χ3v) is 4.96. The van der Waals surface area contributed by atoms with Gasteiger partial charge in [0.1, 0.15) is 11.6 Å². The molecule has 168 valence electrons. The molecule has 0 atom stereocenters. The average Bonchev–Trinajstić information content (AvgIpc) is 2.73. The zero-order valence-corrected chi connectivity index (χ0v) is 17.1. The van der Waals surface area contributed by atoms with Gasteiger partial charge in [-0.1, -0.05) is 13.0 Å². The van der Waals surface area contributed by atoms with Crippen LogP contribution in [0, 0.1) is 5.82 Å². The zero-order chi connectivity index (χ0) is 22.4. The van der Waals surface area contributed by atoms with E-state index in [4.69, 9.17) is 5.73 Å². The van der Waals surface area contributed by atoms with Crippen LogP contribution >= 0.6 is 0 Å². The molecule has 10 heteroatoms. The number of rotatable bonds is 6. The highest BCUT2D eigenvalue weighted by Gasteiger charge is 2.30. The fourth-order valence-corrected chi connectivity index (χ4v) is 3.31. The highest BCUT2D eigenvalue weighted by molar-refractivity contribution is 5.92. The van der Waals surface area contributed by atoms with E-state index in [0.717, 1.165) is 44.9 Å². The molecule has 6 nitrogen and oxygen atoms in total. The Kier molecular flexibility index (Phi) is 7.21. The topological polar surface area (TPSA) is 66.1 Å². The van der Waals surface area contributed by atoms with Crippen LogP contribution in [-0.4, -0.2) is 49.9 Å². The molecule has 0 aliphatic carbocycles. The molecule has 1 aliphatic heterocycles. The first-order chi connectivity index (χ1) is 14.7. The van der Waals surface area contributed by atoms with Crippen molar-refractivity contribution in [3.8, 4) is 5.75 Å². The number of piperazine rings is 1. The molecule has 0 bridgehead atoms. The second kappa shape index (κ2) is 9.86. The molecule has 1 fully saturated rings. The number of guanidine groups is 1. The van der Waals surface area contributed by atoms with E-state index in [1.807, 2.05) is 11.0 Å². The van der Waals surface area contributed by atoms with Gasteiger partial charge in [0.25, 0.3) is 0 Å². The summed E-state index contributed by atoms with van der Waals surface area (Å²) in [6, 6.07) is 10.1. The van der Waals surface area contributed by atoms with E-state index >= 15 is 0 Å². The Labute approximate surface area is 178 Å². The smallest absolute Gasteiger partial charge is 0.406 e. The maximum Gasteiger partial charge on any atom is 0.573 e. The molecule has 1 aliphatic rings. The molecule has 3 rings (SSSR count). The Morgan fingerprint density at radius 3 is 2.35 bits per heavy atom. The van der Waals surface area contributed by atoms with E-state index in [-0.39, 0.29) is 24.1 Å². The van der Waals surface area contributed by atoms with E-state index < -0.39 is 6.36 Å². The molecule has 0 amide bonds. The number of hydrogen-bond acceptors (Lipinski definition) is 4. The van der Waals surface area contributed by atoms with Gasteiger partial charge in [-0.3, -0.25) is 0 Å². The number of nitrogens with one attached hydrogen (secondary N) is 1. The van der Waals surface area contributed by atoms with E-state index in [1.54, 1.807) is 6.07 Å². The van der Waals surface area contributed by atoms with Crippen LogP contribution in [0.15, 0.2) is 47.5 Å². The molecule has 0 radical (unpaired) electrons. The van der Waals surface area contributed by atoms with Gasteiger partial charge in [0, 0.05) is 31.9 Å². The largest absolute Gasteiger partial charge is 0.573 e. The molecular weight excluding hydrogens is 414 g/mol. The van der Waals surface area contributed by atoms with Crippen molar-refractivity contribution >= 4 is 17.3 Å². The van der Waals surface area contributed by atoms with Crippen LogP contribution in [0.2, 0.25) is 0 Å². The normalized spacial score (nSPS) is 15.8. The molecule has 1 heterocycles. The minimum atomic E-state index is -4.75. The van der Waals surface area contributed by atoms with Gasteiger partial charge >= 0.3 is 6.36 Å². The monoisotopic (exact) mass is 439 g/mol. The van der Waals surface area contributed by atoms with Crippen LogP contribution in [-0.2, 0) is 6.54 Å². The van der Waals surface area contributed by atoms with E-state index in [1.165, 1.54) is 18.2 Å². The predicted octanol–water partition coefficient (Wildman–Crippen LogP) is 3.79. The minimum absolute atomic E-state index is 0.0599. The summed E-state index contributed by atoms with van der Waals surface area (Å²) in [6.45, 7) is 6.66. The second-order valence-corrected chi connectivity index (χ2v) is 7.11. The number of aliphatic imine (C=N–C) groups is 1. The Bertz CT molecular complexity index is 894. The van der Waals surface area contributed by atoms with Crippen molar-refractivity contribution in [2.24, 2.45) is 10.7 Å². The van der Waals surface area contributed by atoms with E-state index in [0.29, 0.717) is 16.9 Å². The van der Waals surface area contributed by atoms with Gasteiger partial charge < -0.3 is 25.6 Å². The molecule has 0 spiro atoms. The van der Waals surface area contributed by atoms with Crippen molar-refractivity contribution in [3.63, 3.8) is 0 Å². The van der Waals surface area contributed by atoms with Gasteiger partial charge in [-0.25, -0.2) is 9.38 Å². The first kappa shape index (κ1) is 22.7. The summed E-state index contributed by atoms with van der Waals surface area (Å²) in [5.41, 5.74) is 7.51. The third kappa shape index (κ3) is 6.74. The van der Waals surface area contributed by atoms with E-state index in [2.05, 4.69) is 26.9 Å². The lowest BCUT2D eigenvalue weighted by molar-refractivity contribution is -0.274. The van der Waals surface area contributed by atoms with Crippen molar-refractivity contribution in [2.75, 3.05) is 42.9 Å². The first-order valence-electron chi connectivity index (χ1n) is 9.92. The number of alkyl halides is 3. The Balaban J connectivity index is 1.55. The number of benzene rings is 2. The summed E-state index contributed by atoms with van der Waals surface area (Å²) in [7, 11) is 0. The number of halogens is 4. The SMILES string of the molecule is CCN1CCN(c2ccc(CN=C(N)Nc3ccc(OC(F)(F)F)cc3)cc2F)CC1.